The van der Waals surface area contributed by atoms with Crippen LogP contribution in [-0.2, 0) is 19.4 Å². The first kappa shape index (κ1) is 16.3. The molecular formula is C14H24N2O4S. The zero-order valence-electron chi connectivity index (χ0n) is 12.9. The summed E-state index contributed by atoms with van der Waals surface area (Å²) >= 11 is 0. The van der Waals surface area contributed by atoms with Crippen molar-refractivity contribution in [1.82, 2.24) is 9.80 Å². The Kier molecular flexibility index (Phi) is 4.60. The molecule has 0 unspecified atom stereocenters. The molecule has 21 heavy (non-hydrogen) atoms. The lowest BCUT2D eigenvalue weighted by atomic mass is 10.1. The molecule has 0 aromatic heterocycles. The minimum atomic E-state index is -3.01. The van der Waals surface area contributed by atoms with Crippen LogP contribution < -0.4 is 0 Å². The van der Waals surface area contributed by atoms with Crippen molar-refractivity contribution in [3.63, 3.8) is 0 Å². The summed E-state index contributed by atoms with van der Waals surface area (Å²) in [5.74, 6) is 0.167. The summed E-state index contributed by atoms with van der Waals surface area (Å²) in [6, 6.07) is -0.239. The summed E-state index contributed by atoms with van der Waals surface area (Å²) in [5, 5.41) is 0. The molecule has 2 aliphatic heterocycles. The minimum absolute atomic E-state index is 0.0227. The molecule has 2 fully saturated rings. The largest absolute Gasteiger partial charge is 0.342 e. The summed E-state index contributed by atoms with van der Waals surface area (Å²) in [5.41, 5.74) is 0. The number of hydrogen-bond acceptors (Lipinski definition) is 4. The maximum absolute atomic E-state index is 12.5. The van der Waals surface area contributed by atoms with E-state index in [0.717, 1.165) is 0 Å². The van der Waals surface area contributed by atoms with Gasteiger partial charge in [-0.05, 0) is 12.3 Å². The Bertz CT molecular complexity index is 529. The summed E-state index contributed by atoms with van der Waals surface area (Å²) in [6.07, 6.45) is 0.746. The van der Waals surface area contributed by atoms with Gasteiger partial charge in [0.05, 0.1) is 17.4 Å². The topological polar surface area (TPSA) is 74.8 Å². The van der Waals surface area contributed by atoms with E-state index in [4.69, 9.17) is 0 Å². The molecule has 2 saturated heterocycles. The molecule has 0 radical (unpaired) electrons. The highest BCUT2D eigenvalue weighted by atomic mass is 32.2. The second-order valence-electron chi connectivity index (χ2n) is 6.60. The number of sulfone groups is 1. The van der Waals surface area contributed by atoms with E-state index in [2.05, 4.69) is 0 Å². The summed E-state index contributed by atoms with van der Waals surface area (Å²) in [4.78, 5) is 27.7. The number of likely N-dealkylation sites (tertiary alicyclic amines) is 1. The van der Waals surface area contributed by atoms with Crippen molar-refractivity contribution in [1.29, 1.82) is 0 Å². The Hall–Kier alpha value is -1.11. The third-order valence-electron chi connectivity index (χ3n) is 4.25. The average molecular weight is 316 g/mol. The first-order valence-electron chi connectivity index (χ1n) is 7.44. The summed E-state index contributed by atoms with van der Waals surface area (Å²) in [7, 11) is -1.35. The van der Waals surface area contributed by atoms with Gasteiger partial charge in [-0.1, -0.05) is 13.8 Å². The van der Waals surface area contributed by atoms with Gasteiger partial charge in [0.2, 0.25) is 11.8 Å². The molecule has 2 aliphatic rings. The highest BCUT2D eigenvalue weighted by molar-refractivity contribution is 7.91. The van der Waals surface area contributed by atoms with Gasteiger partial charge in [-0.2, -0.15) is 0 Å². The van der Waals surface area contributed by atoms with Crippen molar-refractivity contribution in [2.45, 2.75) is 32.7 Å². The fourth-order valence-corrected chi connectivity index (χ4v) is 4.88. The SMILES string of the molecule is CC(C)CN1C[C@H](C(=O)N(C)[C@H]2CCS(=O)(=O)C2)CC1=O. The number of amides is 2. The Morgan fingerprint density at radius 3 is 2.62 bits per heavy atom. The number of hydrogen-bond donors (Lipinski definition) is 0. The Morgan fingerprint density at radius 1 is 1.43 bits per heavy atom. The van der Waals surface area contributed by atoms with Crippen LogP contribution in [0.15, 0.2) is 0 Å². The van der Waals surface area contributed by atoms with Crippen LogP contribution in [0.3, 0.4) is 0 Å². The highest BCUT2D eigenvalue weighted by Gasteiger charge is 2.39. The Balaban J connectivity index is 1.96. The fourth-order valence-electron chi connectivity index (χ4n) is 3.10. The van der Waals surface area contributed by atoms with Crippen molar-refractivity contribution in [2.24, 2.45) is 11.8 Å². The molecule has 0 saturated carbocycles. The van der Waals surface area contributed by atoms with Gasteiger partial charge in [-0.15, -0.1) is 0 Å². The lowest BCUT2D eigenvalue weighted by molar-refractivity contribution is -0.136. The van der Waals surface area contributed by atoms with Crippen LogP contribution in [0, 0.1) is 11.8 Å². The van der Waals surface area contributed by atoms with Gasteiger partial charge in [0.1, 0.15) is 0 Å². The maximum Gasteiger partial charge on any atom is 0.228 e. The molecule has 0 aliphatic carbocycles. The number of carbonyl (C=O) groups is 2. The van der Waals surface area contributed by atoms with Crippen LogP contribution in [0.2, 0.25) is 0 Å². The minimum Gasteiger partial charge on any atom is -0.342 e. The van der Waals surface area contributed by atoms with Gasteiger partial charge in [-0.25, -0.2) is 8.42 Å². The zero-order chi connectivity index (χ0) is 15.8. The van der Waals surface area contributed by atoms with E-state index in [0.29, 0.717) is 25.4 Å². The second-order valence-corrected chi connectivity index (χ2v) is 8.83. The van der Waals surface area contributed by atoms with E-state index in [1.54, 1.807) is 16.8 Å². The molecule has 0 bridgehead atoms. The van der Waals surface area contributed by atoms with Crippen molar-refractivity contribution in [3.05, 3.63) is 0 Å². The van der Waals surface area contributed by atoms with Crippen molar-refractivity contribution in [2.75, 3.05) is 31.6 Å². The molecule has 2 atom stereocenters. The molecule has 0 aromatic rings. The fraction of sp³-hybridized carbons (Fsp3) is 0.857. The lowest BCUT2D eigenvalue weighted by Crippen LogP contribution is -2.42. The van der Waals surface area contributed by atoms with Crippen molar-refractivity contribution in [3.8, 4) is 0 Å². The van der Waals surface area contributed by atoms with Gasteiger partial charge in [0, 0.05) is 32.6 Å². The zero-order valence-corrected chi connectivity index (χ0v) is 13.7. The summed E-state index contributed by atoms with van der Waals surface area (Å²) in [6.45, 7) is 5.21. The van der Waals surface area contributed by atoms with E-state index in [-0.39, 0.29) is 41.7 Å². The van der Waals surface area contributed by atoms with Crippen molar-refractivity contribution >= 4 is 21.7 Å². The number of nitrogens with zero attached hydrogens (tertiary/aromatic N) is 2. The van der Waals surface area contributed by atoms with E-state index in [9.17, 15) is 18.0 Å². The molecule has 2 heterocycles. The molecule has 7 heteroatoms. The van der Waals surface area contributed by atoms with E-state index in [1.807, 2.05) is 13.8 Å². The van der Waals surface area contributed by atoms with Crippen LogP contribution in [0.5, 0.6) is 0 Å². The monoisotopic (exact) mass is 316 g/mol. The van der Waals surface area contributed by atoms with Gasteiger partial charge >= 0.3 is 0 Å². The quantitative estimate of drug-likeness (QED) is 0.739. The van der Waals surface area contributed by atoms with E-state index < -0.39 is 9.84 Å². The first-order chi connectivity index (χ1) is 9.69. The van der Waals surface area contributed by atoms with Gasteiger partial charge < -0.3 is 9.80 Å². The Labute approximate surface area is 126 Å². The van der Waals surface area contributed by atoms with Crippen LogP contribution >= 0.6 is 0 Å². The van der Waals surface area contributed by atoms with Crippen LogP contribution in [-0.4, -0.2) is 67.7 Å². The lowest BCUT2D eigenvalue weighted by Gasteiger charge is -2.26. The van der Waals surface area contributed by atoms with E-state index >= 15 is 0 Å². The smallest absolute Gasteiger partial charge is 0.228 e. The number of rotatable bonds is 4. The van der Waals surface area contributed by atoms with Gasteiger partial charge in [0.25, 0.3) is 0 Å². The molecular weight excluding hydrogens is 292 g/mol. The maximum atomic E-state index is 12.5. The Morgan fingerprint density at radius 2 is 2.10 bits per heavy atom. The van der Waals surface area contributed by atoms with Crippen LogP contribution in [0.25, 0.3) is 0 Å². The van der Waals surface area contributed by atoms with Gasteiger partial charge in [-0.3, -0.25) is 9.59 Å². The van der Waals surface area contributed by atoms with E-state index in [1.165, 1.54) is 0 Å². The molecule has 6 nitrogen and oxygen atoms in total. The molecule has 2 rings (SSSR count). The predicted molar refractivity (Wildman–Crippen MR) is 79.4 cm³/mol. The van der Waals surface area contributed by atoms with Crippen LogP contribution in [0.4, 0.5) is 0 Å². The molecule has 0 N–H and O–H groups in total. The second kappa shape index (κ2) is 5.94. The van der Waals surface area contributed by atoms with Gasteiger partial charge in [0.15, 0.2) is 9.84 Å². The van der Waals surface area contributed by atoms with Crippen molar-refractivity contribution < 1.29 is 18.0 Å². The number of carbonyl (C=O) groups excluding carboxylic acids is 2. The third-order valence-corrected chi connectivity index (χ3v) is 6.00. The summed E-state index contributed by atoms with van der Waals surface area (Å²) < 4.78 is 23.0. The standard InChI is InChI=1S/C14H24N2O4S/c1-10(2)7-16-8-11(6-13(16)17)14(18)15(3)12-4-5-21(19,20)9-12/h10-12H,4-9H2,1-3H3/t11-,12+/m1/s1. The highest BCUT2D eigenvalue weighted by Crippen LogP contribution is 2.24. The van der Waals surface area contributed by atoms with Crippen LogP contribution in [0.1, 0.15) is 26.7 Å². The molecule has 120 valence electrons. The normalized spacial score (nSPS) is 28.4. The predicted octanol–water partition coefficient (Wildman–Crippen LogP) is 0.136. The molecule has 0 aromatic carbocycles. The molecule has 0 spiro atoms. The molecule has 2 amide bonds. The average Bonchev–Trinajstić information content (AvgIpc) is 2.91. The third kappa shape index (κ3) is 3.75. The first-order valence-corrected chi connectivity index (χ1v) is 9.26.